The van der Waals surface area contributed by atoms with Crippen molar-refractivity contribution in [3.63, 3.8) is 0 Å². The molecule has 298 valence electrons. The highest BCUT2D eigenvalue weighted by atomic mass is 16.5. The first-order valence-electron chi connectivity index (χ1n) is 19.4. The Labute approximate surface area is 328 Å². The molecule has 2 aliphatic heterocycles. The smallest absolute Gasteiger partial charge is 0.407 e. The first-order valence-corrected chi connectivity index (χ1v) is 19.4. The third kappa shape index (κ3) is 7.36. The van der Waals surface area contributed by atoms with Crippen molar-refractivity contribution in [1.82, 2.24) is 40.0 Å². The van der Waals surface area contributed by atoms with E-state index in [9.17, 15) is 24.3 Å². The largest absolute Gasteiger partial charge is 0.465 e. The van der Waals surface area contributed by atoms with Gasteiger partial charge in [-0.15, -0.1) is 0 Å². The van der Waals surface area contributed by atoms with Crippen LogP contribution in [0.4, 0.5) is 9.59 Å². The van der Waals surface area contributed by atoms with Crippen LogP contribution in [0.5, 0.6) is 0 Å². The van der Waals surface area contributed by atoms with Gasteiger partial charge in [-0.1, -0.05) is 76.2 Å². The second-order valence-electron chi connectivity index (χ2n) is 15.9. The van der Waals surface area contributed by atoms with Gasteiger partial charge in [0.15, 0.2) is 0 Å². The molecule has 4 aromatic rings. The van der Waals surface area contributed by atoms with Gasteiger partial charge < -0.3 is 34.9 Å². The van der Waals surface area contributed by atoms with Gasteiger partial charge >= 0.3 is 12.2 Å². The number of methoxy groups -OCH3 is 1. The number of aromatic amines is 2. The van der Waals surface area contributed by atoms with Crippen molar-refractivity contribution >= 4 is 24.0 Å². The summed E-state index contributed by atoms with van der Waals surface area (Å²) in [5.41, 5.74) is 3.36. The number of amides is 4. The van der Waals surface area contributed by atoms with Gasteiger partial charge in [0.2, 0.25) is 11.8 Å². The van der Waals surface area contributed by atoms with E-state index in [-0.39, 0.29) is 35.7 Å². The molecule has 0 saturated carbocycles. The van der Waals surface area contributed by atoms with Gasteiger partial charge in [-0.05, 0) is 73.6 Å². The molecule has 2 aromatic heterocycles. The van der Waals surface area contributed by atoms with Crippen LogP contribution >= 0.6 is 0 Å². The van der Waals surface area contributed by atoms with Gasteiger partial charge in [0, 0.05) is 20.1 Å². The lowest BCUT2D eigenvalue weighted by atomic mass is 9.85. The van der Waals surface area contributed by atoms with E-state index in [1.807, 2.05) is 56.9 Å². The monoisotopic (exact) mass is 766 g/mol. The maximum absolute atomic E-state index is 13.9. The zero-order valence-corrected chi connectivity index (χ0v) is 33.6. The summed E-state index contributed by atoms with van der Waals surface area (Å²) in [6.45, 7) is 12.1. The summed E-state index contributed by atoms with van der Waals surface area (Å²) < 4.78 is 4.82. The molecule has 0 radical (unpaired) electrons. The van der Waals surface area contributed by atoms with Crippen molar-refractivity contribution in [3.05, 3.63) is 72.6 Å². The Morgan fingerprint density at radius 3 is 1.59 bits per heavy atom. The van der Waals surface area contributed by atoms with Crippen molar-refractivity contribution in [2.24, 2.45) is 11.8 Å². The van der Waals surface area contributed by atoms with E-state index in [0.717, 1.165) is 64.2 Å². The Kier molecular flexibility index (Phi) is 11.3. The van der Waals surface area contributed by atoms with Gasteiger partial charge in [-0.3, -0.25) is 14.5 Å². The van der Waals surface area contributed by atoms with E-state index in [4.69, 9.17) is 4.74 Å². The molecule has 0 aliphatic carbocycles. The van der Waals surface area contributed by atoms with Crippen LogP contribution in [0.1, 0.15) is 91.0 Å². The fourth-order valence-corrected chi connectivity index (χ4v) is 7.85. The Hall–Kier alpha value is -5.66. The van der Waals surface area contributed by atoms with E-state index < -0.39 is 23.3 Å². The Bertz CT molecular complexity index is 2060. The van der Waals surface area contributed by atoms with Crippen molar-refractivity contribution in [2.75, 3.05) is 27.2 Å². The summed E-state index contributed by atoms with van der Waals surface area (Å²) in [6.07, 6.45) is 4.95. The van der Waals surface area contributed by atoms with Crippen LogP contribution < -0.4 is 5.32 Å². The number of ether oxygens (including phenoxy) is 1. The molecule has 2 aliphatic rings. The van der Waals surface area contributed by atoms with Crippen molar-refractivity contribution in [2.45, 2.75) is 90.4 Å². The number of H-pyrrole nitrogens is 2. The van der Waals surface area contributed by atoms with Crippen LogP contribution in [-0.2, 0) is 14.3 Å². The average molecular weight is 767 g/mol. The molecule has 0 bridgehead atoms. The summed E-state index contributed by atoms with van der Waals surface area (Å²) in [5.74, 6) is 0.638. The number of likely N-dealkylation sites (tertiary alicyclic amines) is 2. The number of benzene rings is 2. The van der Waals surface area contributed by atoms with Crippen LogP contribution in [0, 0.1) is 11.8 Å². The van der Waals surface area contributed by atoms with Crippen LogP contribution in [0.25, 0.3) is 33.6 Å². The number of nitrogens with one attached hydrogen (secondary N) is 3. The molecule has 56 heavy (non-hydrogen) atoms. The number of nitrogens with zero attached hydrogens (tertiary/aromatic N) is 5. The predicted octanol–water partition coefficient (Wildman–Crippen LogP) is 7.26. The van der Waals surface area contributed by atoms with E-state index in [0.29, 0.717) is 24.7 Å². The maximum Gasteiger partial charge on any atom is 0.407 e. The molecule has 2 saturated heterocycles. The number of aromatic nitrogens is 4. The first-order chi connectivity index (χ1) is 26.6. The SMILES string of the molecule is COC(=O)N[C@](C)(C(=O)N1CCC[C@H]1c1ncc(-c2ccc(-c3ccc(-c4cnc([C@@H]5CCCN5C(=O)[C@](C)(C(C)C)N(C)C(=O)O)[nH]4)cc3)cc2)[nH]1)C(C)C. The maximum atomic E-state index is 13.9. The quantitative estimate of drug-likeness (QED) is 0.123. The predicted molar refractivity (Wildman–Crippen MR) is 212 cm³/mol. The Morgan fingerprint density at radius 1 is 0.768 bits per heavy atom. The lowest BCUT2D eigenvalue weighted by Crippen LogP contribution is -2.60. The van der Waals surface area contributed by atoms with E-state index in [2.05, 4.69) is 49.5 Å². The van der Waals surface area contributed by atoms with Gasteiger partial charge in [0.1, 0.15) is 22.7 Å². The van der Waals surface area contributed by atoms with Crippen molar-refractivity contribution < 1.29 is 29.0 Å². The molecule has 0 spiro atoms. The summed E-state index contributed by atoms with van der Waals surface area (Å²) in [7, 11) is 2.75. The van der Waals surface area contributed by atoms with E-state index >= 15 is 0 Å². The third-order valence-electron chi connectivity index (χ3n) is 12.3. The number of rotatable bonds is 11. The number of hydrogen-bond donors (Lipinski definition) is 4. The number of carboxylic acid groups (broad SMARTS) is 1. The van der Waals surface area contributed by atoms with Gasteiger partial charge in [0.25, 0.3) is 0 Å². The number of hydrogen-bond acceptors (Lipinski definition) is 7. The number of alkyl carbamates (subject to hydrolysis) is 1. The van der Waals surface area contributed by atoms with Crippen molar-refractivity contribution in [1.29, 1.82) is 0 Å². The number of carbonyl (C=O) groups excluding carboxylic acids is 3. The minimum absolute atomic E-state index is 0.161. The Morgan fingerprint density at radius 2 is 1.20 bits per heavy atom. The molecule has 4 amide bonds. The molecule has 2 fully saturated rings. The molecule has 14 nitrogen and oxygen atoms in total. The second kappa shape index (κ2) is 15.8. The number of imidazole rings is 2. The summed E-state index contributed by atoms with van der Waals surface area (Å²) in [4.78, 5) is 72.8. The molecule has 4 N–H and O–H groups in total. The summed E-state index contributed by atoms with van der Waals surface area (Å²) in [5, 5.41) is 12.5. The minimum atomic E-state index is -1.21. The molecule has 0 unspecified atom stereocenters. The molecule has 4 heterocycles. The Balaban J connectivity index is 1.13. The standard InChI is InChI=1S/C42H54N8O6/c1-25(2)41(5,47-39(53)56-8)37(51)49-21-9-11-33(49)35-43-23-31(45-35)29-17-13-27(14-18-29)28-15-19-30(20-16-28)32-24-44-36(46-32)34-12-10-22-50(34)38(52)42(6,26(3)4)48(7)40(54)55/h13-20,23-26,33-34H,9-12,21-22H2,1-8H3,(H,43,45)(H,44,46)(H,47,53)(H,54,55)/t33-,34-,41-,42-/m0/s1. The topological polar surface area (TPSA) is 177 Å². The van der Waals surface area contributed by atoms with Crippen LogP contribution in [0.3, 0.4) is 0 Å². The highest BCUT2D eigenvalue weighted by Crippen LogP contribution is 2.38. The number of likely N-dealkylation sites (N-methyl/N-ethyl adjacent to an activating group) is 1. The molecular formula is C42H54N8O6. The lowest BCUT2D eigenvalue weighted by Gasteiger charge is -2.42. The normalized spacial score (nSPS) is 19.2. The van der Waals surface area contributed by atoms with E-state index in [1.165, 1.54) is 14.2 Å². The zero-order valence-electron chi connectivity index (χ0n) is 33.6. The van der Waals surface area contributed by atoms with Crippen LogP contribution in [-0.4, -0.2) is 102 Å². The molecule has 14 heteroatoms. The lowest BCUT2D eigenvalue weighted by molar-refractivity contribution is -0.145. The zero-order chi connectivity index (χ0) is 40.5. The van der Waals surface area contributed by atoms with Crippen LogP contribution in [0.15, 0.2) is 60.9 Å². The minimum Gasteiger partial charge on any atom is -0.465 e. The fourth-order valence-electron chi connectivity index (χ4n) is 7.85. The van der Waals surface area contributed by atoms with Gasteiger partial charge in [-0.25, -0.2) is 19.6 Å². The highest BCUT2D eigenvalue weighted by Gasteiger charge is 2.49. The molecule has 4 atom stereocenters. The average Bonchev–Trinajstić information content (AvgIpc) is 4.03. The van der Waals surface area contributed by atoms with Crippen LogP contribution in [0.2, 0.25) is 0 Å². The second-order valence-corrected chi connectivity index (χ2v) is 15.9. The van der Waals surface area contributed by atoms with E-state index in [1.54, 1.807) is 31.1 Å². The van der Waals surface area contributed by atoms with Crippen molar-refractivity contribution in [3.8, 4) is 33.6 Å². The third-order valence-corrected chi connectivity index (χ3v) is 12.3. The van der Waals surface area contributed by atoms with Gasteiger partial charge in [0.05, 0.1) is 43.0 Å². The molecular weight excluding hydrogens is 713 g/mol. The number of carbonyl (C=O) groups is 4. The highest BCUT2D eigenvalue weighted by molar-refractivity contribution is 5.91. The van der Waals surface area contributed by atoms with Gasteiger partial charge in [-0.2, -0.15) is 0 Å². The summed E-state index contributed by atoms with van der Waals surface area (Å²) in [6, 6.07) is 15.9. The first kappa shape index (κ1) is 40.0. The molecule has 2 aromatic carbocycles. The summed E-state index contributed by atoms with van der Waals surface area (Å²) >= 11 is 0. The fraction of sp³-hybridized carbons (Fsp3) is 0.476. The molecule has 6 rings (SSSR count).